The number of pyridine rings is 1. The van der Waals surface area contributed by atoms with E-state index in [0.717, 1.165) is 48.7 Å². The van der Waals surface area contributed by atoms with E-state index in [1.165, 1.54) is 0 Å². The van der Waals surface area contributed by atoms with E-state index in [4.69, 9.17) is 14.7 Å². The molecule has 0 radical (unpaired) electrons. The van der Waals surface area contributed by atoms with Crippen LogP contribution in [0.1, 0.15) is 12.8 Å². The van der Waals surface area contributed by atoms with Crippen molar-refractivity contribution in [3.63, 3.8) is 0 Å². The van der Waals surface area contributed by atoms with E-state index < -0.39 is 7.14 Å². The van der Waals surface area contributed by atoms with Crippen molar-refractivity contribution in [2.24, 2.45) is 7.05 Å². The van der Waals surface area contributed by atoms with Crippen LogP contribution in [0.4, 0.5) is 40.3 Å². The molecule has 46 heavy (non-hydrogen) atoms. The SMILES string of the molecule is COc1nc(N2CCC(N(C)C)CC2)c(-c2cn(C)nn2)cc1Nc1ncc(Br)c(Nc2ccc3c(c2P(C)(C)=O)NC=CN3)n1. The molecular weight excluding hydrogens is 671 g/mol. The molecule has 242 valence electrons. The number of ether oxygens (including phenoxy) is 1. The van der Waals surface area contributed by atoms with Crippen molar-refractivity contribution in [1.82, 2.24) is 34.8 Å². The molecule has 0 saturated carbocycles. The Morgan fingerprint density at radius 1 is 1.09 bits per heavy atom. The molecule has 5 heterocycles. The van der Waals surface area contributed by atoms with Crippen molar-refractivity contribution in [3.05, 3.63) is 47.5 Å². The Morgan fingerprint density at radius 3 is 2.52 bits per heavy atom. The third-order valence-corrected chi connectivity index (χ3v) is 10.2. The summed E-state index contributed by atoms with van der Waals surface area (Å²) in [6.45, 7) is 5.22. The number of halogens is 1. The maximum Gasteiger partial charge on any atom is 0.239 e. The van der Waals surface area contributed by atoms with Crippen molar-refractivity contribution < 1.29 is 9.30 Å². The summed E-state index contributed by atoms with van der Waals surface area (Å²) in [7, 11) is 4.97. The zero-order valence-corrected chi connectivity index (χ0v) is 29.1. The van der Waals surface area contributed by atoms with Crippen LogP contribution in [0.25, 0.3) is 11.3 Å². The summed E-state index contributed by atoms with van der Waals surface area (Å²) in [5.41, 5.74) is 4.39. The second-order valence-corrected chi connectivity index (χ2v) is 15.9. The largest absolute Gasteiger partial charge is 0.479 e. The van der Waals surface area contributed by atoms with Crippen LogP contribution < -0.4 is 36.2 Å². The van der Waals surface area contributed by atoms with Crippen molar-refractivity contribution >= 4 is 68.7 Å². The Kier molecular flexibility index (Phi) is 8.90. The summed E-state index contributed by atoms with van der Waals surface area (Å²) in [6.07, 6.45) is 9.16. The van der Waals surface area contributed by atoms with E-state index in [2.05, 4.69) is 76.4 Å². The highest BCUT2D eigenvalue weighted by atomic mass is 79.9. The van der Waals surface area contributed by atoms with Gasteiger partial charge in [0.05, 0.1) is 40.1 Å². The number of piperidine rings is 1. The van der Waals surface area contributed by atoms with Crippen molar-refractivity contribution in [3.8, 4) is 17.1 Å². The first-order chi connectivity index (χ1) is 22.0. The lowest BCUT2D eigenvalue weighted by Crippen LogP contribution is -2.42. The first kappa shape index (κ1) is 31.8. The van der Waals surface area contributed by atoms with Crippen LogP contribution in [0, 0.1) is 0 Å². The van der Waals surface area contributed by atoms with Gasteiger partial charge in [-0.2, -0.15) is 9.97 Å². The Labute approximate surface area is 276 Å². The van der Waals surface area contributed by atoms with Crippen LogP contribution in [-0.4, -0.2) is 88.5 Å². The van der Waals surface area contributed by atoms with Crippen LogP contribution in [0.3, 0.4) is 0 Å². The second-order valence-electron chi connectivity index (χ2n) is 11.9. The second kappa shape index (κ2) is 12.9. The maximum atomic E-state index is 13.5. The zero-order valence-electron chi connectivity index (χ0n) is 26.7. The number of benzene rings is 1. The number of hydrogen-bond donors (Lipinski definition) is 4. The number of fused-ring (bicyclic) bond motifs is 1. The molecule has 3 aromatic heterocycles. The topological polar surface area (TPSA) is 150 Å². The molecular formula is C30H38BrN12O2P. The number of anilines is 7. The van der Waals surface area contributed by atoms with E-state index in [1.807, 2.05) is 31.4 Å². The number of nitrogens with one attached hydrogen (secondary N) is 4. The van der Waals surface area contributed by atoms with Gasteiger partial charge in [-0.05, 0) is 74.4 Å². The predicted octanol–water partition coefficient (Wildman–Crippen LogP) is 5.01. The van der Waals surface area contributed by atoms with Crippen molar-refractivity contribution in [1.29, 1.82) is 0 Å². The molecule has 1 fully saturated rings. The molecule has 0 amide bonds. The Morgan fingerprint density at radius 2 is 1.85 bits per heavy atom. The van der Waals surface area contributed by atoms with Gasteiger partial charge in [-0.1, -0.05) is 5.21 Å². The monoisotopic (exact) mass is 708 g/mol. The molecule has 4 N–H and O–H groups in total. The normalized spacial score (nSPS) is 14.9. The minimum absolute atomic E-state index is 0.314. The van der Waals surface area contributed by atoms with E-state index in [0.29, 0.717) is 50.5 Å². The minimum Gasteiger partial charge on any atom is -0.479 e. The first-order valence-corrected chi connectivity index (χ1v) is 18.3. The highest BCUT2D eigenvalue weighted by Crippen LogP contribution is 2.45. The van der Waals surface area contributed by atoms with Crippen molar-refractivity contribution in [2.75, 3.05) is 73.8 Å². The lowest BCUT2D eigenvalue weighted by molar-refractivity contribution is 0.249. The summed E-state index contributed by atoms with van der Waals surface area (Å²) in [5.74, 6) is 2.00. The number of methoxy groups -OCH3 is 1. The lowest BCUT2D eigenvalue weighted by Gasteiger charge is -2.36. The fraction of sp³-hybridized carbons (Fsp3) is 0.367. The molecule has 2 aliphatic rings. The van der Waals surface area contributed by atoms with Gasteiger partial charge >= 0.3 is 0 Å². The molecule has 0 aliphatic carbocycles. The molecule has 0 bridgehead atoms. The quantitative estimate of drug-likeness (QED) is 0.173. The summed E-state index contributed by atoms with van der Waals surface area (Å²) in [5, 5.41) is 22.4. The van der Waals surface area contributed by atoms with Crippen LogP contribution in [0.2, 0.25) is 0 Å². The number of nitrogens with zero attached hydrogens (tertiary/aromatic N) is 8. The van der Waals surface area contributed by atoms with Gasteiger partial charge in [-0.3, -0.25) is 4.68 Å². The lowest BCUT2D eigenvalue weighted by atomic mass is 10.0. The third-order valence-electron chi connectivity index (χ3n) is 8.04. The standard InChI is InChI=1S/C30H38BrN12O2P/c1-41(2)18-9-13-43(14-10-18)28-19(24-17-42(3)40-39-24)15-23(29(38-28)45-4)36-30-34-16-20(31)27(37-30)35-22-8-7-21-25(33-12-11-32-21)26(22)46(5,6)44/h7-8,11-12,15-18,32-33H,9-10,13-14H2,1-6H3,(H2,34,35,36,37). The molecule has 16 heteroatoms. The van der Waals surface area contributed by atoms with Gasteiger partial charge in [-0.15, -0.1) is 5.10 Å². The molecule has 4 aromatic rings. The van der Waals surface area contributed by atoms with E-state index >= 15 is 0 Å². The molecule has 0 unspecified atom stereocenters. The number of rotatable bonds is 9. The molecule has 0 spiro atoms. The van der Waals surface area contributed by atoms with Gasteiger partial charge < -0.3 is 40.4 Å². The zero-order chi connectivity index (χ0) is 32.6. The average molecular weight is 710 g/mol. The number of aryl methyl sites for hydroxylation is 1. The summed E-state index contributed by atoms with van der Waals surface area (Å²) >= 11 is 3.58. The smallest absolute Gasteiger partial charge is 0.239 e. The molecule has 2 aliphatic heterocycles. The highest BCUT2D eigenvalue weighted by molar-refractivity contribution is 9.10. The molecule has 14 nitrogen and oxygen atoms in total. The van der Waals surface area contributed by atoms with Crippen LogP contribution in [0.5, 0.6) is 5.88 Å². The van der Waals surface area contributed by atoms with E-state index in [1.54, 1.807) is 43.7 Å². The van der Waals surface area contributed by atoms with Crippen LogP contribution in [0.15, 0.2) is 47.5 Å². The molecule has 6 rings (SSSR count). The minimum atomic E-state index is -2.72. The molecule has 1 aromatic carbocycles. The number of hydrogen-bond acceptors (Lipinski definition) is 13. The fourth-order valence-corrected chi connectivity index (χ4v) is 7.49. The highest BCUT2D eigenvalue weighted by Gasteiger charge is 2.27. The molecule has 1 saturated heterocycles. The molecule has 0 atom stereocenters. The van der Waals surface area contributed by atoms with E-state index in [9.17, 15) is 4.57 Å². The summed E-state index contributed by atoms with van der Waals surface area (Å²) in [4.78, 5) is 18.8. The third kappa shape index (κ3) is 6.53. The van der Waals surface area contributed by atoms with Gasteiger partial charge in [-0.25, -0.2) is 4.98 Å². The summed E-state index contributed by atoms with van der Waals surface area (Å²) < 4.78 is 21.6. The van der Waals surface area contributed by atoms with Crippen LogP contribution in [-0.2, 0) is 11.6 Å². The van der Waals surface area contributed by atoms with Gasteiger partial charge in [0.2, 0.25) is 11.8 Å². The van der Waals surface area contributed by atoms with Gasteiger partial charge in [0, 0.05) is 50.3 Å². The predicted molar refractivity (Wildman–Crippen MR) is 188 cm³/mol. The first-order valence-electron chi connectivity index (χ1n) is 14.9. The Hall–Kier alpha value is -4.20. The Bertz CT molecular complexity index is 1830. The number of aromatic nitrogens is 6. The fourth-order valence-electron chi connectivity index (χ4n) is 5.76. The average Bonchev–Trinajstić information content (AvgIpc) is 3.47. The van der Waals surface area contributed by atoms with Gasteiger partial charge in [0.1, 0.15) is 30.2 Å². The van der Waals surface area contributed by atoms with Gasteiger partial charge in [0.25, 0.3) is 0 Å². The van der Waals surface area contributed by atoms with E-state index in [-0.39, 0.29) is 0 Å². The van der Waals surface area contributed by atoms with Crippen molar-refractivity contribution in [2.45, 2.75) is 18.9 Å². The van der Waals surface area contributed by atoms with Gasteiger partial charge in [0.15, 0.2) is 0 Å². The maximum absolute atomic E-state index is 13.5. The summed E-state index contributed by atoms with van der Waals surface area (Å²) in [6, 6.07) is 6.31. The Balaban J connectivity index is 1.34. The van der Waals surface area contributed by atoms with Crippen LogP contribution >= 0.6 is 23.1 Å².